The van der Waals surface area contributed by atoms with Gasteiger partial charge in [-0.1, -0.05) is 0 Å². The van der Waals surface area contributed by atoms with E-state index in [1.807, 2.05) is 19.1 Å². The number of pyridine rings is 2. The van der Waals surface area contributed by atoms with E-state index in [9.17, 15) is 9.18 Å². The number of rotatable bonds is 3. The van der Waals surface area contributed by atoms with Crippen LogP contribution in [0.4, 0.5) is 21.6 Å². The number of anilines is 3. The minimum absolute atomic E-state index is 0.216. The molecule has 1 aliphatic rings. The first-order valence-electron chi connectivity index (χ1n) is 9.53. The third-order valence-corrected chi connectivity index (χ3v) is 5.13. The van der Waals surface area contributed by atoms with Gasteiger partial charge in [0.25, 0.3) is 5.56 Å². The van der Waals surface area contributed by atoms with Crippen LogP contribution in [0.1, 0.15) is 16.8 Å². The second-order valence-corrected chi connectivity index (χ2v) is 7.19. The van der Waals surface area contributed by atoms with Crippen molar-refractivity contribution in [3.8, 4) is 0 Å². The molecule has 4 aromatic heterocycles. The smallest absolute Gasteiger partial charge is 0.274 e. The SMILES string of the molecule is Cc1cc2nccc(=O)n2nc1N1CCc2ncc(Nc3ccncc3F)cc2C1. The molecule has 0 unspecified atom stereocenters. The highest BCUT2D eigenvalue weighted by Crippen LogP contribution is 2.27. The summed E-state index contributed by atoms with van der Waals surface area (Å²) in [5, 5.41) is 7.60. The van der Waals surface area contributed by atoms with Gasteiger partial charge in [-0.2, -0.15) is 4.52 Å². The Morgan fingerprint density at radius 1 is 1.13 bits per heavy atom. The summed E-state index contributed by atoms with van der Waals surface area (Å²) >= 11 is 0. The predicted octanol–water partition coefficient (Wildman–Crippen LogP) is 2.63. The molecule has 0 radical (unpaired) electrons. The van der Waals surface area contributed by atoms with Crippen molar-refractivity contribution in [2.75, 3.05) is 16.8 Å². The summed E-state index contributed by atoms with van der Waals surface area (Å²) in [5.74, 6) is 0.314. The van der Waals surface area contributed by atoms with Gasteiger partial charge in [0.1, 0.15) is 0 Å². The quantitative estimate of drug-likeness (QED) is 0.563. The summed E-state index contributed by atoms with van der Waals surface area (Å²) in [6, 6.07) is 6.81. The van der Waals surface area contributed by atoms with Crippen LogP contribution in [0.3, 0.4) is 0 Å². The number of halogens is 1. The fourth-order valence-corrected chi connectivity index (χ4v) is 3.67. The molecule has 0 aromatic carbocycles. The second-order valence-electron chi connectivity index (χ2n) is 7.19. The molecule has 5 rings (SSSR count). The normalized spacial score (nSPS) is 13.3. The number of hydrogen-bond donors (Lipinski definition) is 1. The molecule has 1 aliphatic heterocycles. The van der Waals surface area contributed by atoms with Crippen molar-refractivity contribution in [1.29, 1.82) is 0 Å². The van der Waals surface area contributed by atoms with Crippen LogP contribution in [0.2, 0.25) is 0 Å². The van der Waals surface area contributed by atoms with E-state index in [1.54, 1.807) is 12.3 Å². The van der Waals surface area contributed by atoms with Crippen molar-refractivity contribution in [2.45, 2.75) is 19.9 Å². The van der Waals surface area contributed by atoms with E-state index in [1.165, 1.54) is 29.2 Å². The first-order chi connectivity index (χ1) is 14.6. The molecule has 9 heteroatoms. The summed E-state index contributed by atoms with van der Waals surface area (Å²) in [7, 11) is 0. The number of hydrogen-bond acceptors (Lipinski definition) is 7. The molecule has 150 valence electrons. The van der Waals surface area contributed by atoms with Gasteiger partial charge in [-0.05, 0) is 36.2 Å². The average Bonchev–Trinajstić information content (AvgIpc) is 2.75. The number of aryl methyl sites for hydroxylation is 1. The topological polar surface area (TPSA) is 88.3 Å². The Kier molecular flexibility index (Phi) is 4.35. The van der Waals surface area contributed by atoms with Gasteiger partial charge in [0.05, 0.1) is 23.8 Å². The Morgan fingerprint density at radius 2 is 2.03 bits per heavy atom. The van der Waals surface area contributed by atoms with E-state index in [0.29, 0.717) is 23.6 Å². The molecule has 0 saturated carbocycles. The first kappa shape index (κ1) is 18.2. The summed E-state index contributed by atoms with van der Waals surface area (Å²) in [6.07, 6.45) is 6.64. The van der Waals surface area contributed by atoms with Crippen molar-refractivity contribution in [2.24, 2.45) is 0 Å². The molecule has 8 nitrogen and oxygen atoms in total. The molecule has 0 saturated heterocycles. The molecular weight excluding hydrogens is 385 g/mol. The van der Waals surface area contributed by atoms with Crippen LogP contribution in [0.25, 0.3) is 5.65 Å². The highest BCUT2D eigenvalue weighted by Gasteiger charge is 2.21. The van der Waals surface area contributed by atoms with Crippen LogP contribution in [-0.2, 0) is 13.0 Å². The molecule has 0 fully saturated rings. The summed E-state index contributed by atoms with van der Waals surface area (Å²) < 4.78 is 15.2. The van der Waals surface area contributed by atoms with Crippen LogP contribution < -0.4 is 15.8 Å². The highest BCUT2D eigenvalue weighted by molar-refractivity contribution is 5.61. The van der Waals surface area contributed by atoms with Gasteiger partial charge in [-0.25, -0.2) is 9.37 Å². The minimum atomic E-state index is -0.424. The van der Waals surface area contributed by atoms with Gasteiger partial charge in [0, 0.05) is 43.7 Å². The van der Waals surface area contributed by atoms with Gasteiger partial charge in [0.15, 0.2) is 17.3 Å². The van der Waals surface area contributed by atoms with Gasteiger partial charge in [-0.15, -0.1) is 5.10 Å². The van der Waals surface area contributed by atoms with E-state index < -0.39 is 5.82 Å². The minimum Gasteiger partial charge on any atom is -0.352 e. The zero-order chi connectivity index (χ0) is 20.7. The summed E-state index contributed by atoms with van der Waals surface area (Å²) in [5.41, 5.74) is 4.32. The second kappa shape index (κ2) is 7.18. The monoisotopic (exact) mass is 403 g/mol. The third kappa shape index (κ3) is 3.24. The number of aromatic nitrogens is 5. The molecule has 5 heterocycles. The summed E-state index contributed by atoms with van der Waals surface area (Å²) in [6.45, 7) is 3.28. The Labute approximate surface area is 171 Å². The van der Waals surface area contributed by atoms with Crippen molar-refractivity contribution in [3.05, 3.63) is 82.0 Å². The standard InChI is InChI=1S/C21H18FN7O/c1-13-8-19-24-6-3-20(30)29(19)27-21(13)28-7-4-17-14(12-28)9-15(10-25-17)26-18-2-5-23-11-16(18)22/h2-3,5-6,8-11H,4,7,12H2,1H3,(H,23,26). The molecule has 4 aromatic rings. The predicted molar refractivity (Wildman–Crippen MR) is 110 cm³/mol. The van der Waals surface area contributed by atoms with Crippen LogP contribution in [0.15, 0.2) is 53.8 Å². The van der Waals surface area contributed by atoms with E-state index in [0.717, 1.165) is 35.6 Å². The van der Waals surface area contributed by atoms with E-state index in [-0.39, 0.29) is 5.56 Å². The average molecular weight is 403 g/mol. The van der Waals surface area contributed by atoms with Crippen molar-refractivity contribution in [1.82, 2.24) is 24.6 Å². The number of fused-ring (bicyclic) bond motifs is 2. The molecule has 0 spiro atoms. The molecule has 30 heavy (non-hydrogen) atoms. The molecule has 1 N–H and O–H groups in total. The maximum absolute atomic E-state index is 13.9. The molecular formula is C21H18FN7O. The van der Waals surface area contributed by atoms with Gasteiger partial charge < -0.3 is 10.2 Å². The lowest BCUT2D eigenvalue weighted by Gasteiger charge is -2.30. The molecule has 0 atom stereocenters. The number of nitrogens with zero attached hydrogens (tertiary/aromatic N) is 6. The van der Waals surface area contributed by atoms with Crippen molar-refractivity contribution in [3.63, 3.8) is 0 Å². The van der Waals surface area contributed by atoms with Gasteiger partial charge in [0.2, 0.25) is 0 Å². The Morgan fingerprint density at radius 3 is 2.90 bits per heavy atom. The van der Waals surface area contributed by atoms with E-state index in [2.05, 4.69) is 30.3 Å². The van der Waals surface area contributed by atoms with E-state index >= 15 is 0 Å². The Bertz CT molecular complexity index is 1320. The summed E-state index contributed by atoms with van der Waals surface area (Å²) in [4.78, 5) is 26.8. The lowest BCUT2D eigenvalue weighted by molar-refractivity contribution is 0.625. The lowest BCUT2D eigenvalue weighted by atomic mass is 10.0. The molecule has 0 aliphatic carbocycles. The van der Waals surface area contributed by atoms with Crippen LogP contribution >= 0.6 is 0 Å². The third-order valence-electron chi connectivity index (χ3n) is 5.13. The lowest BCUT2D eigenvalue weighted by Crippen LogP contribution is -2.33. The maximum Gasteiger partial charge on any atom is 0.274 e. The van der Waals surface area contributed by atoms with Crippen LogP contribution in [0, 0.1) is 12.7 Å². The fourth-order valence-electron chi connectivity index (χ4n) is 3.67. The van der Waals surface area contributed by atoms with Crippen molar-refractivity contribution < 1.29 is 4.39 Å². The largest absolute Gasteiger partial charge is 0.352 e. The fraction of sp³-hybridized carbons (Fsp3) is 0.190. The number of nitrogens with one attached hydrogen (secondary N) is 1. The Balaban J connectivity index is 1.47. The Hall–Kier alpha value is -3.88. The maximum atomic E-state index is 13.9. The van der Waals surface area contributed by atoms with Gasteiger partial charge in [-0.3, -0.25) is 14.8 Å². The van der Waals surface area contributed by atoms with E-state index in [4.69, 9.17) is 0 Å². The van der Waals surface area contributed by atoms with Crippen molar-refractivity contribution >= 4 is 22.8 Å². The van der Waals surface area contributed by atoms with Crippen LogP contribution in [0.5, 0.6) is 0 Å². The zero-order valence-electron chi connectivity index (χ0n) is 16.2. The molecule has 0 amide bonds. The zero-order valence-corrected chi connectivity index (χ0v) is 16.2. The van der Waals surface area contributed by atoms with Crippen LogP contribution in [-0.4, -0.2) is 31.1 Å². The van der Waals surface area contributed by atoms with Gasteiger partial charge >= 0.3 is 0 Å². The molecule has 0 bridgehead atoms. The first-order valence-corrected chi connectivity index (χ1v) is 9.53. The highest BCUT2D eigenvalue weighted by atomic mass is 19.1.